The van der Waals surface area contributed by atoms with Crippen LogP contribution in [0.15, 0.2) is 29.4 Å². The highest BCUT2D eigenvalue weighted by atomic mass is 127. The molecule has 1 aromatic heterocycles. The van der Waals surface area contributed by atoms with E-state index in [0.29, 0.717) is 6.10 Å². The number of nitrogens with zero attached hydrogens (tertiary/aromatic N) is 1. The maximum absolute atomic E-state index is 6.09. The van der Waals surface area contributed by atoms with Crippen molar-refractivity contribution in [3.63, 3.8) is 0 Å². The summed E-state index contributed by atoms with van der Waals surface area (Å²) in [5, 5.41) is 8.62. The van der Waals surface area contributed by atoms with E-state index in [0.717, 1.165) is 55.5 Å². The Balaban J connectivity index is 0.00000208. The SMILES string of the molecule is CN=C(NCCc1c[nH]c2ccc(Cl)cc12)NCC1CCCO1.I. The first-order chi connectivity index (χ1) is 11.3. The molecule has 3 rings (SSSR count). The maximum atomic E-state index is 6.09. The first-order valence-corrected chi connectivity index (χ1v) is 8.45. The van der Waals surface area contributed by atoms with Crippen LogP contribution in [0.25, 0.3) is 10.9 Å². The minimum Gasteiger partial charge on any atom is -0.376 e. The fraction of sp³-hybridized carbons (Fsp3) is 0.471. The standard InChI is InChI=1S/C17H23ClN4O.HI/c1-19-17(22-11-14-3-2-8-23-14)20-7-6-12-10-21-16-5-4-13(18)9-15(12)16;/h4-5,9-10,14,21H,2-3,6-8,11H2,1H3,(H2,19,20,22);1H. The molecule has 0 amide bonds. The van der Waals surface area contributed by atoms with Gasteiger partial charge in [-0.25, -0.2) is 0 Å². The Hall–Kier alpha value is -0.990. The van der Waals surface area contributed by atoms with Gasteiger partial charge >= 0.3 is 0 Å². The number of H-pyrrole nitrogens is 1. The van der Waals surface area contributed by atoms with Crippen LogP contribution in [-0.2, 0) is 11.2 Å². The van der Waals surface area contributed by atoms with E-state index in [1.807, 2.05) is 24.4 Å². The molecule has 1 saturated heterocycles. The van der Waals surface area contributed by atoms with Crippen molar-refractivity contribution in [2.75, 3.05) is 26.7 Å². The largest absolute Gasteiger partial charge is 0.376 e. The summed E-state index contributed by atoms with van der Waals surface area (Å²) in [5.41, 5.74) is 2.37. The van der Waals surface area contributed by atoms with E-state index in [4.69, 9.17) is 16.3 Å². The van der Waals surface area contributed by atoms with Gasteiger partial charge in [0.15, 0.2) is 5.96 Å². The van der Waals surface area contributed by atoms with E-state index in [1.54, 1.807) is 7.05 Å². The Morgan fingerprint density at radius 1 is 1.42 bits per heavy atom. The highest BCUT2D eigenvalue weighted by Gasteiger charge is 2.15. The summed E-state index contributed by atoms with van der Waals surface area (Å²) in [6.07, 6.45) is 5.54. The number of hydrogen-bond acceptors (Lipinski definition) is 2. The molecule has 0 aliphatic carbocycles. The van der Waals surface area contributed by atoms with E-state index in [-0.39, 0.29) is 24.0 Å². The number of aliphatic imine (C=N–C) groups is 1. The first kappa shape index (κ1) is 19.3. The molecule has 24 heavy (non-hydrogen) atoms. The van der Waals surface area contributed by atoms with Crippen LogP contribution in [0, 0.1) is 0 Å². The van der Waals surface area contributed by atoms with E-state index in [2.05, 4.69) is 20.6 Å². The van der Waals surface area contributed by atoms with E-state index in [9.17, 15) is 0 Å². The number of fused-ring (bicyclic) bond motifs is 1. The van der Waals surface area contributed by atoms with Crippen LogP contribution in [0.1, 0.15) is 18.4 Å². The van der Waals surface area contributed by atoms with Crippen LogP contribution in [-0.4, -0.2) is 43.8 Å². The Bertz CT molecular complexity index is 682. The molecule has 7 heteroatoms. The molecule has 0 bridgehead atoms. The van der Waals surface area contributed by atoms with Crippen LogP contribution in [0.3, 0.4) is 0 Å². The van der Waals surface area contributed by atoms with Crippen LogP contribution in [0.5, 0.6) is 0 Å². The van der Waals surface area contributed by atoms with Crippen LogP contribution in [0.4, 0.5) is 0 Å². The Morgan fingerprint density at radius 3 is 3.04 bits per heavy atom. The van der Waals surface area contributed by atoms with Gasteiger partial charge in [-0.2, -0.15) is 0 Å². The third-order valence-corrected chi connectivity index (χ3v) is 4.40. The lowest BCUT2D eigenvalue weighted by Gasteiger charge is -2.14. The second kappa shape index (κ2) is 9.48. The lowest BCUT2D eigenvalue weighted by molar-refractivity contribution is 0.114. The number of hydrogen-bond donors (Lipinski definition) is 3. The molecule has 1 unspecified atom stereocenters. The highest BCUT2D eigenvalue weighted by molar-refractivity contribution is 14.0. The minimum atomic E-state index is 0. The molecule has 1 aliphatic rings. The quantitative estimate of drug-likeness (QED) is 0.363. The lowest BCUT2D eigenvalue weighted by Crippen LogP contribution is -2.41. The zero-order valence-electron chi connectivity index (χ0n) is 13.8. The number of ether oxygens (including phenoxy) is 1. The average molecular weight is 463 g/mol. The van der Waals surface area contributed by atoms with Gasteiger partial charge in [-0.1, -0.05) is 11.6 Å². The summed E-state index contributed by atoms with van der Waals surface area (Å²) in [5.74, 6) is 0.818. The predicted molar refractivity (Wildman–Crippen MR) is 111 cm³/mol. The molecule has 0 spiro atoms. The molecule has 0 saturated carbocycles. The smallest absolute Gasteiger partial charge is 0.191 e. The molecular weight excluding hydrogens is 439 g/mol. The van der Waals surface area contributed by atoms with Gasteiger partial charge in [-0.15, -0.1) is 24.0 Å². The fourth-order valence-corrected chi connectivity index (χ4v) is 3.08. The van der Waals surface area contributed by atoms with Crippen molar-refractivity contribution in [2.45, 2.75) is 25.4 Å². The molecule has 1 aliphatic heterocycles. The van der Waals surface area contributed by atoms with Crippen molar-refractivity contribution in [3.8, 4) is 0 Å². The second-order valence-electron chi connectivity index (χ2n) is 5.77. The fourth-order valence-electron chi connectivity index (χ4n) is 2.91. The molecule has 1 atom stereocenters. The van der Waals surface area contributed by atoms with Crippen LogP contribution in [0.2, 0.25) is 5.02 Å². The zero-order chi connectivity index (χ0) is 16.1. The molecular formula is C17H24ClIN4O. The van der Waals surface area contributed by atoms with E-state index < -0.39 is 0 Å². The van der Waals surface area contributed by atoms with Gasteiger partial charge in [-0.3, -0.25) is 4.99 Å². The molecule has 132 valence electrons. The minimum absolute atomic E-state index is 0. The Morgan fingerprint density at radius 2 is 2.29 bits per heavy atom. The van der Waals surface area contributed by atoms with E-state index in [1.165, 1.54) is 10.9 Å². The molecule has 0 radical (unpaired) electrons. The molecule has 1 fully saturated rings. The third kappa shape index (κ3) is 5.00. The van der Waals surface area contributed by atoms with Gasteiger partial charge in [0.2, 0.25) is 0 Å². The predicted octanol–water partition coefficient (Wildman–Crippen LogP) is 3.33. The van der Waals surface area contributed by atoms with Crippen LogP contribution >= 0.6 is 35.6 Å². The van der Waals surface area contributed by atoms with Gasteiger partial charge in [0.25, 0.3) is 0 Å². The molecule has 3 N–H and O–H groups in total. The summed E-state index contributed by atoms with van der Waals surface area (Å²) in [6.45, 7) is 2.49. The zero-order valence-corrected chi connectivity index (χ0v) is 16.9. The van der Waals surface area contributed by atoms with Crippen molar-refractivity contribution in [1.82, 2.24) is 15.6 Å². The number of guanidine groups is 1. The van der Waals surface area contributed by atoms with Gasteiger partial charge in [-0.05, 0) is 43.0 Å². The second-order valence-corrected chi connectivity index (χ2v) is 6.21. The maximum Gasteiger partial charge on any atom is 0.191 e. The number of rotatable bonds is 5. The van der Waals surface area contributed by atoms with Gasteiger partial charge < -0.3 is 20.4 Å². The van der Waals surface area contributed by atoms with Crippen molar-refractivity contribution < 1.29 is 4.74 Å². The number of nitrogens with one attached hydrogen (secondary N) is 3. The normalized spacial score (nSPS) is 17.8. The Kier molecular flexibility index (Phi) is 7.64. The summed E-state index contributed by atoms with van der Waals surface area (Å²) in [6, 6.07) is 5.92. The summed E-state index contributed by atoms with van der Waals surface area (Å²) in [7, 11) is 1.79. The van der Waals surface area contributed by atoms with Crippen molar-refractivity contribution in [1.29, 1.82) is 0 Å². The average Bonchev–Trinajstić information content (AvgIpc) is 3.20. The highest BCUT2D eigenvalue weighted by Crippen LogP contribution is 2.22. The monoisotopic (exact) mass is 462 g/mol. The molecule has 5 nitrogen and oxygen atoms in total. The van der Waals surface area contributed by atoms with Crippen molar-refractivity contribution in [3.05, 3.63) is 35.0 Å². The van der Waals surface area contributed by atoms with Gasteiger partial charge in [0.05, 0.1) is 6.10 Å². The number of halogens is 2. The summed E-state index contributed by atoms with van der Waals surface area (Å²) < 4.78 is 5.61. The van der Waals surface area contributed by atoms with Crippen molar-refractivity contribution in [2.24, 2.45) is 4.99 Å². The summed E-state index contributed by atoms with van der Waals surface area (Å²) in [4.78, 5) is 7.54. The van der Waals surface area contributed by atoms with Gasteiger partial charge in [0.1, 0.15) is 0 Å². The Labute approximate surface area is 164 Å². The topological polar surface area (TPSA) is 61.4 Å². The van der Waals surface area contributed by atoms with Crippen LogP contribution < -0.4 is 10.6 Å². The molecule has 1 aromatic carbocycles. The summed E-state index contributed by atoms with van der Waals surface area (Å²) >= 11 is 6.09. The number of aromatic amines is 1. The number of benzene rings is 1. The molecule has 2 heterocycles. The third-order valence-electron chi connectivity index (χ3n) is 4.16. The number of aromatic nitrogens is 1. The molecule has 2 aromatic rings. The van der Waals surface area contributed by atoms with Crippen molar-refractivity contribution >= 4 is 52.4 Å². The first-order valence-electron chi connectivity index (χ1n) is 8.08. The van der Waals surface area contributed by atoms with Gasteiger partial charge in [0, 0.05) is 48.9 Å². The lowest BCUT2D eigenvalue weighted by atomic mass is 10.1. The van der Waals surface area contributed by atoms with E-state index >= 15 is 0 Å².